The van der Waals surface area contributed by atoms with Crippen LogP contribution in [0.5, 0.6) is 0 Å². The van der Waals surface area contributed by atoms with Crippen LogP contribution in [-0.4, -0.2) is 35.1 Å². The molecule has 6 nitrogen and oxygen atoms in total. The molecular weight excluding hydrogens is 264 g/mol. The van der Waals surface area contributed by atoms with Crippen LogP contribution < -0.4 is 15.5 Å². The van der Waals surface area contributed by atoms with Crippen molar-refractivity contribution in [2.45, 2.75) is 20.8 Å². The van der Waals surface area contributed by atoms with Crippen LogP contribution in [0.25, 0.3) is 0 Å². The zero-order chi connectivity index (χ0) is 15.4. The van der Waals surface area contributed by atoms with Gasteiger partial charge in [0.15, 0.2) is 0 Å². The van der Waals surface area contributed by atoms with Gasteiger partial charge in [0.2, 0.25) is 17.8 Å². The molecule has 21 heavy (non-hydrogen) atoms. The Morgan fingerprint density at radius 3 is 2.33 bits per heavy atom. The summed E-state index contributed by atoms with van der Waals surface area (Å²) in [5.74, 6) is 1.40. The van der Waals surface area contributed by atoms with Crippen molar-refractivity contribution in [3.8, 4) is 0 Å². The van der Waals surface area contributed by atoms with Crippen LogP contribution in [0.1, 0.15) is 19.4 Å². The van der Waals surface area contributed by atoms with Crippen LogP contribution in [-0.2, 0) is 0 Å². The first-order valence-electron chi connectivity index (χ1n) is 7.12. The number of benzene rings is 1. The first-order chi connectivity index (χ1) is 10.0. The number of hydrogen-bond acceptors (Lipinski definition) is 6. The molecule has 0 aliphatic heterocycles. The van der Waals surface area contributed by atoms with E-state index in [1.165, 1.54) is 5.56 Å². The largest absolute Gasteiger partial charge is 0.368 e. The zero-order valence-electron chi connectivity index (χ0n) is 13.0. The topological polar surface area (TPSA) is 71.2 Å². The number of anilines is 4. The Balaban J connectivity index is 2.39. The molecule has 0 radical (unpaired) electrons. The van der Waals surface area contributed by atoms with E-state index in [1.807, 2.05) is 29.0 Å². The molecule has 0 aliphatic rings. The van der Waals surface area contributed by atoms with Crippen molar-refractivity contribution in [3.05, 3.63) is 29.8 Å². The lowest BCUT2D eigenvalue weighted by atomic mass is 10.2. The molecule has 0 spiro atoms. The summed E-state index contributed by atoms with van der Waals surface area (Å²) in [4.78, 5) is 17.0. The van der Waals surface area contributed by atoms with Gasteiger partial charge in [-0.1, -0.05) is 12.1 Å². The number of hydrogen-bond donors (Lipinski definition) is 1. The van der Waals surface area contributed by atoms with Crippen molar-refractivity contribution in [3.63, 3.8) is 0 Å². The normalized spacial score (nSPS) is 10.5. The second kappa shape index (κ2) is 6.39. The molecule has 2 aromatic rings. The van der Waals surface area contributed by atoms with Crippen LogP contribution in [0.2, 0.25) is 0 Å². The van der Waals surface area contributed by atoms with E-state index in [0.717, 1.165) is 18.8 Å². The molecular formula is C15H22N6. The Hall–Kier alpha value is -2.37. The molecule has 0 unspecified atom stereocenters. The third-order valence-corrected chi connectivity index (χ3v) is 3.36. The summed E-state index contributed by atoms with van der Waals surface area (Å²) < 4.78 is 0. The molecule has 1 heterocycles. The smallest absolute Gasteiger partial charge is 0.236 e. The van der Waals surface area contributed by atoms with E-state index in [9.17, 15) is 0 Å². The van der Waals surface area contributed by atoms with Gasteiger partial charge in [0.25, 0.3) is 0 Å². The molecule has 1 aromatic heterocycles. The maximum atomic E-state index is 5.84. The van der Waals surface area contributed by atoms with Gasteiger partial charge in [-0.25, -0.2) is 0 Å². The van der Waals surface area contributed by atoms with Gasteiger partial charge in [0.05, 0.1) is 0 Å². The highest BCUT2D eigenvalue weighted by molar-refractivity contribution is 5.59. The highest BCUT2D eigenvalue weighted by Gasteiger charge is 2.13. The minimum Gasteiger partial charge on any atom is -0.368 e. The second-order valence-corrected chi connectivity index (χ2v) is 4.86. The van der Waals surface area contributed by atoms with Gasteiger partial charge in [-0.2, -0.15) is 15.0 Å². The highest BCUT2D eigenvalue weighted by Crippen LogP contribution is 2.23. The molecule has 0 aliphatic carbocycles. The number of nitrogens with zero attached hydrogens (tertiary/aromatic N) is 5. The Labute approximate surface area is 125 Å². The average molecular weight is 286 g/mol. The van der Waals surface area contributed by atoms with Crippen LogP contribution >= 0.6 is 0 Å². The fraction of sp³-hybridized carbons (Fsp3) is 0.400. The first-order valence-corrected chi connectivity index (χ1v) is 7.12. The highest BCUT2D eigenvalue weighted by atomic mass is 15.3. The molecule has 2 rings (SSSR count). The summed E-state index contributed by atoms with van der Waals surface area (Å²) in [6.07, 6.45) is 0. The number of aromatic nitrogens is 3. The standard InChI is InChI=1S/C15H22N6/c1-5-21(6-2)15-18-13(16)17-14(19-15)20(4)12-9-7-8-11(3)10-12/h7-10H,5-6H2,1-4H3,(H2,16,17,18,19). The van der Waals surface area contributed by atoms with Crippen molar-refractivity contribution in [1.82, 2.24) is 15.0 Å². The number of nitrogens with two attached hydrogens (primary N) is 1. The predicted molar refractivity (Wildman–Crippen MR) is 87.0 cm³/mol. The number of aryl methyl sites for hydroxylation is 1. The van der Waals surface area contributed by atoms with Crippen molar-refractivity contribution >= 4 is 23.5 Å². The molecule has 112 valence electrons. The monoisotopic (exact) mass is 286 g/mol. The lowest BCUT2D eigenvalue weighted by Gasteiger charge is -2.22. The Morgan fingerprint density at radius 1 is 1.05 bits per heavy atom. The Kier molecular flexibility index (Phi) is 4.57. The van der Waals surface area contributed by atoms with E-state index >= 15 is 0 Å². The lowest BCUT2D eigenvalue weighted by molar-refractivity contribution is 0.811. The van der Waals surface area contributed by atoms with E-state index < -0.39 is 0 Å². The summed E-state index contributed by atoms with van der Waals surface area (Å²) in [7, 11) is 1.93. The summed E-state index contributed by atoms with van der Waals surface area (Å²) in [6.45, 7) is 7.84. The SMILES string of the molecule is CCN(CC)c1nc(N)nc(N(C)c2cccc(C)c2)n1. The fourth-order valence-electron chi connectivity index (χ4n) is 2.12. The molecule has 0 saturated carbocycles. The van der Waals surface area contributed by atoms with Gasteiger partial charge < -0.3 is 15.5 Å². The van der Waals surface area contributed by atoms with E-state index in [1.54, 1.807) is 0 Å². The van der Waals surface area contributed by atoms with Gasteiger partial charge in [-0.3, -0.25) is 0 Å². The van der Waals surface area contributed by atoms with Gasteiger partial charge >= 0.3 is 0 Å². The summed E-state index contributed by atoms with van der Waals surface area (Å²) in [5.41, 5.74) is 8.04. The fourth-order valence-corrected chi connectivity index (χ4v) is 2.12. The van der Waals surface area contributed by atoms with E-state index in [-0.39, 0.29) is 5.95 Å². The van der Waals surface area contributed by atoms with Gasteiger partial charge in [-0.05, 0) is 38.5 Å². The predicted octanol–water partition coefficient (Wildman–Crippen LogP) is 2.38. The zero-order valence-corrected chi connectivity index (χ0v) is 13.0. The molecule has 0 fully saturated rings. The number of nitrogen functional groups attached to an aromatic ring is 1. The van der Waals surface area contributed by atoms with Crippen molar-refractivity contribution in [2.75, 3.05) is 35.7 Å². The van der Waals surface area contributed by atoms with E-state index in [0.29, 0.717) is 11.9 Å². The molecule has 2 N–H and O–H groups in total. The van der Waals surface area contributed by atoms with Gasteiger partial charge in [-0.15, -0.1) is 0 Å². The van der Waals surface area contributed by atoms with Crippen LogP contribution in [0, 0.1) is 6.92 Å². The van der Waals surface area contributed by atoms with Gasteiger partial charge in [0, 0.05) is 25.8 Å². The third-order valence-electron chi connectivity index (χ3n) is 3.36. The van der Waals surface area contributed by atoms with Crippen molar-refractivity contribution in [2.24, 2.45) is 0 Å². The van der Waals surface area contributed by atoms with Crippen molar-refractivity contribution in [1.29, 1.82) is 0 Å². The first kappa shape index (κ1) is 15.0. The maximum Gasteiger partial charge on any atom is 0.236 e. The molecule has 6 heteroatoms. The van der Waals surface area contributed by atoms with E-state index in [2.05, 4.69) is 47.9 Å². The average Bonchev–Trinajstić information content (AvgIpc) is 2.47. The molecule has 0 atom stereocenters. The summed E-state index contributed by atoms with van der Waals surface area (Å²) in [5, 5.41) is 0. The third kappa shape index (κ3) is 3.39. The minimum atomic E-state index is 0.237. The molecule has 1 aromatic carbocycles. The van der Waals surface area contributed by atoms with Gasteiger partial charge in [0.1, 0.15) is 0 Å². The molecule has 0 saturated heterocycles. The maximum absolute atomic E-state index is 5.84. The van der Waals surface area contributed by atoms with Crippen LogP contribution in [0.15, 0.2) is 24.3 Å². The quantitative estimate of drug-likeness (QED) is 0.910. The Bertz CT molecular complexity index is 609. The van der Waals surface area contributed by atoms with E-state index in [4.69, 9.17) is 5.73 Å². The van der Waals surface area contributed by atoms with Crippen LogP contribution in [0.3, 0.4) is 0 Å². The number of rotatable bonds is 5. The van der Waals surface area contributed by atoms with Crippen LogP contribution in [0.4, 0.5) is 23.5 Å². The summed E-state index contributed by atoms with van der Waals surface area (Å²) in [6, 6.07) is 8.17. The second-order valence-electron chi connectivity index (χ2n) is 4.86. The molecule has 0 bridgehead atoms. The Morgan fingerprint density at radius 2 is 1.71 bits per heavy atom. The minimum absolute atomic E-state index is 0.237. The lowest BCUT2D eigenvalue weighted by Crippen LogP contribution is -2.26. The summed E-state index contributed by atoms with van der Waals surface area (Å²) >= 11 is 0. The molecule has 0 amide bonds. The van der Waals surface area contributed by atoms with Crippen molar-refractivity contribution < 1.29 is 0 Å².